The molecule has 0 saturated heterocycles. The molecule has 0 unspecified atom stereocenters. The number of ether oxygens (including phenoxy) is 13. The van der Waals surface area contributed by atoms with Gasteiger partial charge < -0.3 is 66.7 Å². The zero-order valence-electron chi connectivity index (χ0n) is 31.0. The Bertz CT molecular complexity index is 633. The topological polar surface area (TPSA) is 157 Å². The van der Waals surface area contributed by atoms with Crippen LogP contribution >= 0.6 is 0 Å². The average Bonchev–Trinajstić information content (AvgIpc) is 3.12. The van der Waals surface area contributed by atoms with Crippen molar-refractivity contribution >= 4 is 5.97 Å². The molecule has 15 nitrogen and oxygen atoms in total. The van der Waals surface area contributed by atoms with Crippen LogP contribution in [-0.4, -0.2) is 183 Å². The van der Waals surface area contributed by atoms with E-state index in [9.17, 15) is 4.79 Å². The molecule has 15 heteroatoms. The highest BCUT2D eigenvalue weighted by Crippen LogP contribution is 2.07. The van der Waals surface area contributed by atoms with Crippen molar-refractivity contribution in [3.8, 4) is 0 Å². The summed E-state index contributed by atoms with van der Waals surface area (Å²) in [5.74, 6) is -0.146. The summed E-state index contributed by atoms with van der Waals surface area (Å²) in [5.41, 5.74) is 0. The number of hydrogen-bond donors (Lipinski definition) is 1. The minimum Gasteiger partial charge on any atom is -0.463 e. The number of hydrogen-bond acceptors (Lipinski definition) is 15. The quantitative estimate of drug-likeness (QED) is 0.0720. The summed E-state index contributed by atoms with van der Waals surface area (Å²) < 4.78 is 70.2. The van der Waals surface area contributed by atoms with E-state index in [1.165, 1.54) is 25.7 Å². The molecular weight excluding hydrogens is 660 g/mol. The molecule has 1 N–H and O–H groups in total. The van der Waals surface area contributed by atoms with E-state index < -0.39 is 0 Å². The lowest BCUT2D eigenvalue weighted by atomic mass is 10.1. The zero-order valence-corrected chi connectivity index (χ0v) is 31.0. The minimum absolute atomic E-state index is 0.0223. The highest BCUT2D eigenvalue weighted by atomic mass is 16.6. The van der Waals surface area contributed by atoms with Crippen molar-refractivity contribution in [2.45, 2.75) is 51.9 Å². The largest absolute Gasteiger partial charge is 0.463 e. The predicted octanol–water partition coefficient (Wildman–Crippen LogP) is 2.47. The summed E-state index contributed by atoms with van der Waals surface area (Å²) in [4.78, 5) is 11.7. The Morgan fingerprint density at radius 1 is 0.340 bits per heavy atom. The molecule has 300 valence electrons. The van der Waals surface area contributed by atoms with Gasteiger partial charge in [0.25, 0.3) is 0 Å². The number of rotatable bonds is 45. The lowest BCUT2D eigenvalue weighted by Crippen LogP contribution is -2.15. The fraction of sp³-hybridized carbons (Fsp3) is 0.971. The number of unbranched alkanes of at least 4 members (excludes halogenated alkanes) is 5. The van der Waals surface area contributed by atoms with Crippen LogP contribution in [-0.2, 0) is 66.4 Å². The van der Waals surface area contributed by atoms with Gasteiger partial charge in [-0.05, 0) is 6.42 Å². The molecular formula is C35H70O15. The van der Waals surface area contributed by atoms with Gasteiger partial charge in [-0.25, -0.2) is 0 Å². The molecule has 0 bridgehead atoms. The predicted molar refractivity (Wildman–Crippen MR) is 186 cm³/mol. The van der Waals surface area contributed by atoms with Crippen LogP contribution in [0.15, 0.2) is 0 Å². The Balaban J connectivity index is 3.09. The van der Waals surface area contributed by atoms with Gasteiger partial charge in [0.15, 0.2) is 0 Å². The Kier molecular flexibility index (Phi) is 45.0. The number of carbonyl (C=O) groups excluding carboxylic acids is 1. The SMILES string of the molecule is CCCCCCCCC(=O)OCCOCCOCCOCCOCCOCCOCCOCCOCCOCCOCCOCCOCCO. The molecule has 0 aromatic rings. The number of aliphatic hydroxyl groups excluding tert-OH is 1. The number of carbonyl (C=O) groups is 1. The van der Waals surface area contributed by atoms with Gasteiger partial charge in [-0.2, -0.15) is 0 Å². The van der Waals surface area contributed by atoms with Crippen LogP contribution in [0.25, 0.3) is 0 Å². The maximum absolute atomic E-state index is 11.7. The molecule has 0 saturated carbocycles. The summed E-state index contributed by atoms with van der Waals surface area (Å²) in [6, 6.07) is 0. The van der Waals surface area contributed by atoms with E-state index >= 15 is 0 Å². The summed E-state index contributed by atoms with van der Waals surface area (Å²) >= 11 is 0. The highest BCUT2D eigenvalue weighted by molar-refractivity contribution is 5.69. The van der Waals surface area contributed by atoms with Crippen molar-refractivity contribution in [2.24, 2.45) is 0 Å². The summed E-state index contributed by atoms with van der Waals surface area (Å²) in [5, 5.41) is 8.58. The molecule has 0 aliphatic carbocycles. The first-order chi connectivity index (χ1) is 24.8. The molecule has 0 aliphatic heterocycles. The van der Waals surface area contributed by atoms with E-state index in [1.807, 2.05) is 0 Å². The van der Waals surface area contributed by atoms with Crippen molar-refractivity contribution in [1.29, 1.82) is 0 Å². The first-order valence-corrected chi connectivity index (χ1v) is 18.5. The van der Waals surface area contributed by atoms with Gasteiger partial charge >= 0.3 is 5.97 Å². The van der Waals surface area contributed by atoms with Crippen LogP contribution in [0.3, 0.4) is 0 Å². The van der Waals surface area contributed by atoms with Crippen molar-refractivity contribution in [2.75, 3.05) is 172 Å². The third-order valence-corrected chi connectivity index (χ3v) is 6.55. The van der Waals surface area contributed by atoms with Gasteiger partial charge in [-0.3, -0.25) is 4.79 Å². The van der Waals surface area contributed by atoms with Crippen LogP contribution in [0.5, 0.6) is 0 Å². The van der Waals surface area contributed by atoms with Crippen LogP contribution in [0.4, 0.5) is 0 Å². The van der Waals surface area contributed by atoms with E-state index in [0.717, 1.165) is 12.8 Å². The van der Waals surface area contributed by atoms with Crippen molar-refractivity contribution < 1.29 is 71.5 Å². The van der Waals surface area contributed by atoms with Crippen molar-refractivity contribution in [3.63, 3.8) is 0 Å². The second kappa shape index (κ2) is 46.0. The second-order valence-electron chi connectivity index (χ2n) is 10.8. The molecule has 0 atom stereocenters. The highest BCUT2D eigenvalue weighted by Gasteiger charge is 2.03. The van der Waals surface area contributed by atoms with E-state index in [1.54, 1.807) is 0 Å². The summed E-state index contributed by atoms with van der Waals surface area (Å²) in [6.07, 6.45) is 7.41. The van der Waals surface area contributed by atoms with E-state index in [4.69, 9.17) is 66.7 Å². The van der Waals surface area contributed by atoms with Crippen molar-refractivity contribution in [3.05, 3.63) is 0 Å². The fourth-order valence-electron chi connectivity index (χ4n) is 3.92. The monoisotopic (exact) mass is 730 g/mol. The van der Waals surface area contributed by atoms with Crippen LogP contribution in [0, 0.1) is 0 Å². The maximum Gasteiger partial charge on any atom is 0.305 e. The summed E-state index contributed by atoms with van der Waals surface area (Å²) in [7, 11) is 0. The normalized spacial score (nSPS) is 11.5. The van der Waals surface area contributed by atoms with Gasteiger partial charge in [0.1, 0.15) is 6.61 Å². The standard InChI is InChI=1S/C35H70O15/c1-2-3-4-5-6-7-8-35(37)50-34-33-49-32-31-48-30-29-47-28-27-46-26-25-45-24-23-44-22-21-43-20-19-42-18-17-41-16-15-40-14-13-39-12-11-38-10-9-36/h36H,2-34H2,1H3. The smallest absolute Gasteiger partial charge is 0.305 e. The summed E-state index contributed by atoms with van der Waals surface area (Å²) in [6.45, 7) is 14.0. The van der Waals surface area contributed by atoms with Gasteiger partial charge in [-0.15, -0.1) is 0 Å². The third-order valence-electron chi connectivity index (χ3n) is 6.55. The Morgan fingerprint density at radius 2 is 0.580 bits per heavy atom. The molecule has 0 heterocycles. The van der Waals surface area contributed by atoms with Crippen LogP contribution < -0.4 is 0 Å². The number of esters is 1. The zero-order chi connectivity index (χ0) is 36.1. The van der Waals surface area contributed by atoms with E-state index in [0.29, 0.717) is 165 Å². The van der Waals surface area contributed by atoms with Crippen molar-refractivity contribution in [1.82, 2.24) is 0 Å². The van der Waals surface area contributed by atoms with Gasteiger partial charge in [0, 0.05) is 6.42 Å². The van der Waals surface area contributed by atoms with Gasteiger partial charge in [-0.1, -0.05) is 39.0 Å². The molecule has 0 spiro atoms. The lowest BCUT2D eigenvalue weighted by Gasteiger charge is -2.09. The fourth-order valence-corrected chi connectivity index (χ4v) is 3.92. The lowest BCUT2D eigenvalue weighted by molar-refractivity contribution is -0.145. The number of aliphatic hydroxyl groups is 1. The molecule has 0 rings (SSSR count). The minimum atomic E-state index is -0.146. The molecule has 0 aliphatic rings. The maximum atomic E-state index is 11.7. The van der Waals surface area contributed by atoms with E-state index in [-0.39, 0.29) is 19.2 Å². The second-order valence-corrected chi connectivity index (χ2v) is 10.8. The van der Waals surface area contributed by atoms with Crippen LogP contribution in [0.1, 0.15) is 51.9 Å². The first kappa shape index (κ1) is 49.0. The van der Waals surface area contributed by atoms with Gasteiger partial charge in [0.2, 0.25) is 0 Å². The third kappa shape index (κ3) is 45.0. The molecule has 0 amide bonds. The Labute approximate surface area is 301 Å². The molecule has 50 heavy (non-hydrogen) atoms. The average molecular weight is 731 g/mol. The first-order valence-electron chi connectivity index (χ1n) is 18.5. The van der Waals surface area contributed by atoms with Crippen LogP contribution in [0.2, 0.25) is 0 Å². The molecule has 0 aromatic carbocycles. The Morgan fingerprint density at radius 3 is 0.860 bits per heavy atom. The molecule has 0 fully saturated rings. The Hall–Kier alpha value is -1.05. The molecule has 0 radical (unpaired) electrons. The van der Waals surface area contributed by atoms with E-state index in [2.05, 4.69) is 6.92 Å². The van der Waals surface area contributed by atoms with Gasteiger partial charge in [0.05, 0.1) is 165 Å². The molecule has 0 aromatic heterocycles.